The Morgan fingerprint density at radius 1 is 1.50 bits per heavy atom. The summed E-state index contributed by atoms with van der Waals surface area (Å²) >= 11 is 11.0. The number of rotatable bonds is 3. The molecule has 2 atom stereocenters. The number of pyridine rings is 1. The van der Waals surface area contributed by atoms with Crippen molar-refractivity contribution >= 4 is 28.9 Å². The van der Waals surface area contributed by atoms with E-state index in [4.69, 9.17) is 28.9 Å². The lowest BCUT2D eigenvalue weighted by atomic mass is 10.1. The van der Waals surface area contributed by atoms with Crippen LogP contribution in [0.25, 0.3) is 0 Å². The molecule has 6 heteroatoms. The lowest BCUT2D eigenvalue weighted by molar-refractivity contribution is 0.0325. The average Bonchev–Trinajstić information content (AvgIpc) is 2.20. The van der Waals surface area contributed by atoms with E-state index in [2.05, 4.69) is 4.98 Å². The summed E-state index contributed by atoms with van der Waals surface area (Å²) in [6, 6.07) is 1.45. The normalized spacial score (nSPS) is 15.1. The Morgan fingerprint density at radius 2 is 2.14 bits per heavy atom. The average molecular weight is 237 g/mol. The molecule has 1 rings (SSSR count). The minimum absolute atomic E-state index is 0.0658. The number of aliphatic hydroxyl groups excluding tert-OH is 2. The number of hydrogen-bond acceptors (Lipinski definition) is 4. The van der Waals surface area contributed by atoms with Gasteiger partial charge in [0.05, 0.1) is 17.7 Å². The molecule has 1 heterocycles. The third-order valence-corrected chi connectivity index (χ3v) is 2.38. The van der Waals surface area contributed by atoms with Crippen LogP contribution in [0.3, 0.4) is 0 Å². The molecule has 0 saturated carbocycles. The molecule has 0 aliphatic carbocycles. The summed E-state index contributed by atoms with van der Waals surface area (Å²) in [6.07, 6.45) is -0.794. The van der Waals surface area contributed by atoms with Crippen molar-refractivity contribution in [2.45, 2.75) is 12.2 Å². The van der Waals surface area contributed by atoms with Gasteiger partial charge in [-0.05, 0) is 6.07 Å². The summed E-state index contributed by atoms with van der Waals surface area (Å²) in [5, 5.41) is 19.0. The van der Waals surface area contributed by atoms with Gasteiger partial charge in [0.1, 0.15) is 6.10 Å². The van der Waals surface area contributed by atoms with E-state index in [1.54, 1.807) is 0 Å². The van der Waals surface area contributed by atoms with Gasteiger partial charge in [-0.15, -0.1) is 11.6 Å². The van der Waals surface area contributed by atoms with Gasteiger partial charge in [-0.1, -0.05) is 11.6 Å². The number of anilines is 1. The van der Waals surface area contributed by atoms with Crippen LogP contribution >= 0.6 is 23.2 Å². The summed E-state index contributed by atoms with van der Waals surface area (Å²) in [5.41, 5.74) is 6.12. The predicted molar refractivity (Wildman–Crippen MR) is 55.3 cm³/mol. The number of alkyl halides is 1. The highest BCUT2D eigenvalue weighted by atomic mass is 35.5. The largest absolute Gasteiger partial charge is 0.396 e. The first-order valence-corrected chi connectivity index (χ1v) is 4.80. The van der Waals surface area contributed by atoms with Crippen LogP contribution in [0.2, 0.25) is 5.15 Å². The van der Waals surface area contributed by atoms with Crippen molar-refractivity contribution in [2.24, 2.45) is 0 Å². The monoisotopic (exact) mass is 236 g/mol. The van der Waals surface area contributed by atoms with Crippen LogP contribution in [0, 0.1) is 0 Å². The Kier molecular flexibility index (Phi) is 3.95. The second-order valence-corrected chi connectivity index (χ2v) is 3.48. The second kappa shape index (κ2) is 4.79. The van der Waals surface area contributed by atoms with Crippen molar-refractivity contribution in [1.29, 1.82) is 0 Å². The van der Waals surface area contributed by atoms with E-state index in [9.17, 15) is 10.2 Å². The molecule has 0 radical (unpaired) electrons. The lowest BCUT2D eigenvalue weighted by Gasteiger charge is -2.15. The van der Waals surface area contributed by atoms with Gasteiger partial charge < -0.3 is 15.9 Å². The van der Waals surface area contributed by atoms with E-state index in [1.807, 2.05) is 0 Å². The number of nitrogens with two attached hydrogens (primary N) is 1. The Hall–Kier alpha value is -0.550. The van der Waals surface area contributed by atoms with Crippen LogP contribution in [0.5, 0.6) is 0 Å². The molecule has 0 aliphatic heterocycles. The van der Waals surface area contributed by atoms with Gasteiger partial charge in [0.25, 0.3) is 0 Å². The number of nitrogen functional groups attached to an aromatic ring is 1. The predicted octanol–water partition coefficient (Wildman–Crippen LogP) is 0.950. The smallest absolute Gasteiger partial charge is 0.151 e. The molecule has 78 valence electrons. The fraction of sp³-hybridized carbons (Fsp3) is 0.375. The number of aliphatic hydroxyl groups is 2. The van der Waals surface area contributed by atoms with Crippen molar-refractivity contribution in [1.82, 2.24) is 4.98 Å². The number of hydrogen-bond donors (Lipinski definition) is 3. The molecule has 1 aromatic rings. The molecule has 0 spiro atoms. The first kappa shape index (κ1) is 11.5. The lowest BCUT2D eigenvalue weighted by Crippen LogP contribution is -2.20. The first-order valence-electron chi connectivity index (χ1n) is 3.89. The van der Waals surface area contributed by atoms with Gasteiger partial charge in [-0.3, -0.25) is 0 Å². The number of aromatic nitrogens is 1. The number of halogens is 2. The van der Waals surface area contributed by atoms with Gasteiger partial charge in [0, 0.05) is 11.8 Å². The molecule has 1 aromatic heterocycles. The first-order chi connectivity index (χ1) is 6.56. The maximum Gasteiger partial charge on any atom is 0.151 e. The Bertz CT molecular complexity index is 322. The molecule has 0 amide bonds. The quantitative estimate of drug-likeness (QED) is 0.540. The van der Waals surface area contributed by atoms with Crippen LogP contribution in [-0.2, 0) is 0 Å². The van der Waals surface area contributed by atoms with Crippen molar-refractivity contribution in [3.63, 3.8) is 0 Å². The molecule has 14 heavy (non-hydrogen) atoms. The van der Waals surface area contributed by atoms with E-state index in [-0.39, 0.29) is 16.7 Å². The van der Waals surface area contributed by atoms with Crippen LogP contribution < -0.4 is 5.73 Å². The summed E-state index contributed by atoms with van der Waals surface area (Å²) in [5.74, 6) is -0.0658. The summed E-state index contributed by atoms with van der Waals surface area (Å²) < 4.78 is 0. The van der Waals surface area contributed by atoms with Crippen LogP contribution in [0.1, 0.15) is 11.7 Å². The van der Waals surface area contributed by atoms with E-state index in [0.717, 1.165) is 0 Å². The maximum absolute atomic E-state index is 9.53. The topological polar surface area (TPSA) is 79.4 Å². The molecule has 0 aliphatic rings. The molecule has 0 fully saturated rings. The van der Waals surface area contributed by atoms with Crippen LogP contribution in [-0.4, -0.2) is 27.2 Å². The van der Waals surface area contributed by atoms with Crippen molar-refractivity contribution in [3.8, 4) is 0 Å². The zero-order chi connectivity index (χ0) is 10.7. The van der Waals surface area contributed by atoms with Gasteiger partial charge in [-0.2, -0.15) is 0 Å². The highest BCUT2D eigenvalue weighted by Crippen LogP contribution is 2.22. The van der Waals surface area contributed by atoms with Gasteiger partial charge in [-0.25, -0.2) is 4.98 Å². The van der Waals surface area contributed by atoms with Crippen molar-refractivity contribution in [3.05, 3.63) is 23.0 Å². The SMILES string of the molecule is Nc1cc(C(O)C(O)CCl)cnc1Cl. The van der Waals surface area contributed by atoms with E-state index in [0.29, 0.717) is 5.56 Å². The Balaban J connectivity index is 2.91. The van der Waals surface area contributed by atoms with Gasteiger partial charge >= 0.3 is 0 Å². The van der Waals surface area contributed by atoms with Gasteiger partial charge in [0.2, 0.25) is 0 Å². The molecule has 4 N–H and O–H groups in total. The van der Waals surface area contributed by atoms with Crippen molar-refractivity contribution < 1.29 is 10.2 Å². The fourth-order valence-electron chi connectivity index (χ4n) is 0.950. The molecule has 2 unspecified atom stereocenters. The van der Waals surface area contributed by atoms with Crippen LogP contribution in [0.4, 0.5) is 5.69 Å². The van der Waals surface area contributed by atoms with E-state index < -0.39 is 12.2 Å². The van der Waals surface area contributed by atoms with Crippen LogP contribution in [0.15, 0.2) is 12.3 Å². The summed E-state index contributed by atoms with van der Waals surface area (Å²) in [4.78, 5) is 3.74. The Morgan fingerprint density at radius 3 is 2.64 bits per heavy atom. The summed E-state index contributed by atoms with van der Waals surface area (Å²) in [7, 11) is 0. The minimum atomic E-state index is -1.10. The zero-order valence-corrected chi connectivity index (χ0v) is 8.70. The van der Waals surface area contributed by atoms with Crippen molar-refractivity contribution in [2.75, 3.05) is 11.6 Å². The fourth-order valence-corrected chi connectivity index (χ4v) is 1.22. The highest BCUT2D eigenvalue weighted by molar-refractivity contribution is 6.31. The molecular weight excluding hydrogens is 227 g/mol. The third-order valence-electron chi connectivity index (χ3n) is 1.75. The van der Waals surface area contributed by atoms with E-state index >= 15 is 0 Å². The summed E-state index contributed by atoms with van der Waals surface area (Å²) in [6.45, 7) is 0. The minimum Gasteiger partial charge on any atom is -0.396 e. The molecular formula is C8H10Cl2N2O2. The number of nitrogens with zero attached hydrogens (tertiary/aromatic N) is 1. The second-order valence-electron chi connectivity index (χ2n) is 2.82. The zero-order valence-electron chi connectivity index (χ0n) is 7.19. The third kappa shape index (κ3) is 2.48. The molecule has 4 nitrogen and oxygen atoms in total. The standard InChI is InChI=1S/C8H10Cl2N2O2/c9-2-6(13)7(14)4-1-5(11)8(10)12-3-4/h1,3,6-7,13-14H,2,11H2. The highest BCUT2D eigenvalue weighted by Gasteiger charge is 2.18. The van der Waals surface area contributed by atoms with Gasteiger partial charge in [0.15, 0.2) is 5.15 Å². The van der Waals surface area contributed by atoms with E-state index in [1.165, 1.54) is 12.3 Å². The Labute approximate surface area is 91.3 Å². The molecule has 0 saturated heterocycles. The molecule has 0 aromatic carbocycles. The molecule has 0 bridgehead atoms. The maximum atomic E-state index is 9.53.